The van der Waals surface area contributed by atoms with Gasteiger partial charge in [-0.05, 0) is 48.9 Å². The number of carbonyl (C=O) groups excluding carboxylic acids is 1. The van der Waals surface area contributed by atoms with Crippen LogP contribution in [0.15, 0.2) is 67.0 Å². The Morgan fingerprint density at radius 1 is 1.09 bits per heavy atom. The highest BCUT2D eigenvalue weighted by molar-refractivity contribution is 6.08. The Labute approximate surface area is 186 Å². The SMILES string of the molecule is Cc1cc(Oc2ncccc2C#N)ccc1NC(=O)c1cnc2ccccc2c1C(F)(F)F. The van der Waals surface area contributed by atoms with Gasteiger partial charge in [-0.25, -0.2) is 4.98 Å². The Morgan fingerprint density at radius 3 is 2.61 bits per heavy atom. The number of hydrogen-bond acceptors (Lipinski definition) is 5. The molecular formula is C24H15F3N4O2. The molecule has 33 heavy (non-hydrogen) atoms. The summed E-state index contributed by atoms with van der Waals surface area (Å²) in [7, 11) is 0. The predicted octanol–water partition coefficient (Wildman–Crippen LogP) is 5.87. The largest absolute Gasteiger partial charge is 0.438 e. The zero-order valence-corrected chi connectivity index (χ0v) is 17.1. The van der Waals surface area contributed by atoms with Gasteiger partial charge in [0, 0.05) is 23.5 Å². The molecule has 2 aromatic carbocycles. The van der Waals surface area contributed by atoms with Crippen molar-refractivity contribution < 1.29 is 22.7 Å². The molecule has 0 aliphatic heterocycles. The van der Waals surface area contributed by atoms with E-state index in [0.717, 1.165) is 6.20 Å². The number of nitriles is 1. The van der Waals surface area contributed by atoms with Crippen LogP contribution in [-0.2, 0) is 6.18 Å². The van der Waals surface area contributed by atoms with E-state index in [1.807, 2.05) is 6.07 Å². The van der Waals surface area contributed by atoms with Gasteiger partial charge in [0.05, 0.1) is 16.6 Å². The smallest absolute Gasteiger partial charge is 0.417 e. The fraction of sp³-hybridized carbons (Fsp3) is 0.0833. The van der Waals surface area contributed by atoms with Gasteiger partial charge < -0.3 is 10.1 Å². The van der Waals surface area contributed by atoms with Crippen LogP contribution in [0.4, 0.5) is 18.9 Å². The van der Waals surface area contributed by atoms with Gasteiger partial charge >= 0.3 is 6.18 Å². The fourth-order valence-electron chi connectivity index (χ4n) is 3.32. The van der Waals surface area contributed by atoms with Crippen molar-refractivity contribution >= 4 is 22.5 Å². The van der Waals surface area contributed by atoms with Crippen molar-refractivity contribution in [1.29, 1.82) is 5.26 Å². The van der Waals surface area contributed by atoms with E-state index in [4.69, 9.17) is 10.00 Å². The average Bonchev–Trinajstić information content (AvgIpc) is 2.79. The quantitative estimate of drug-likeness (QED) is 0.422. The zero-order valence-electron chi connectivity index (χ0n) is 17.1. The van der Waals surface area contributed by atoms with E-state index >= 15 is 0 Å². The molecule has 6 nitrogen and oxygen atoms in total. The van der Waals surface area contributed by atoms with Crippen LogP contribution in [0, 0.1) is 18.3 Å². The lowest BCUT2D eigenvalue weighted by Crippen LogP contribution is -2.20. The maximum Gasteiger partial charge on any atom is 0.417 e. The van der Waals surface area contributed by atoms with Gasteiger partial charge in [0.2, 0.25) is 5.88 Å². The molecule has 0 radical (unpaired) electrons. The van der Waals surface area contributed by atoms with Gasteiger partial charge in [0.25, 0.3) is 5.91 Å². The molecule has 9 heteroatoms. The molecule has 2 heterocycles. The van der Waals surface area contributed by atoms with Crippen LogP contribution in [0.1, 0.15) is 27.0 Å². The summed E-state index contributed by atoms with van der Waals surface area (Å²) >= 11 is 0. The van der Waals surface area contributed by atoms with Crippen LogP contribution in [-0.4, -0.2) is 15.9 Å². The molecule has 2 aromatic heterocycles. The Morgan fingerprint density at radius 2 is 1.88 bits per heavy atom. The summed E-state index contributed by atoms with van der Waals surface area (Å²) in [6, 6.07) is 15.5. The van der Waals surface area contributed by atoms with Crippen LogP contribution in [0.2, 0.25) is 0 Å². The van der Waals surface area contributed by atoms with Crippen LogP contribution in [0.3, 0.4) is 0 Å². The van der Waals surface area contributed by atoms with E-state index < -0.39 is 23.2 Å². The number of rotatable bonds is 4. The first-order chi connectivity index (χ1) is 15.8. The van der Waals surface area contributed by atoms with Crippen molar-refractivity contribution in [3.8, 4) is 17.7 Å². The minimum atomic E-state index is -4.75. The van der Waals surface area contributed by atoms with Crippen LogP contribution in [0.5, 0.6) is 11.6 Å². The molecule has 164 valence electrons. The molecular weight excluding hydrogens is 433 g/mol. The van der Waals surface area contributed by atoms with Crippen molar-refractivity contribution in [3.05, 3.63) is 89.2 Å². The summed E-state index contributed by atoms with van der Waals surface area (Å²) in [5.41, 5.74) is -0.385. The fourth-order valence-corrected chi connectivity index (χ4v) is 3.32. The minimum absolute atomic E-state index is 0.119. The first-order valence-corrected chi connectivity index (χ1v) is 9.68. The second kappa shape index (κ2) is 8.59. The van der Waals surface area contributed by atoms with Gasteiger partial charge in [-0.3, -0.25) is 9.78 Å². The number of fused-ring (bicyclic) bond motifs is 1. The highest BCUT2D eigenvalue weighted by Crippen LogP contribution is 2.37. The van der Waals surface area contributed by atoms with Crippen LogP contribution < -0.4 is 10.1 Å². The van der Waals surface area contributed by atoms with Gasteiger partial charge in [0.15, 0.2) is 0 Å². The van der Waals surface area contributed by atoms with Crippen molar-refractivity contribution in [2.45, 2.75) is 13.1 Å². The Hall–Kier alpha value is -4.45. The van der Waals surface area contributed by atoms with Crippen molar-refractivity contribution in [2.75, 3.05) is 5.32 Å². The molecule has 1 N–H and O–H groups in total. The molecule has 0 fully saturated rings. The number of aromatic nitrogens is 2. The molecule has 4 rings (SSSR count). The summed E-state index contributed by atoms with van der Waals surface area (Å²) in [6.07, 6.45) is -2.34. The standard InChI is InChI=1S/C24H15F3N4O2/c1-14-11-16(33-23-15(12-28)5-4-10-29-23)8-9-19(14)31-22(32)18-13-30-20-7-3-2-6-17(20)21(18)24(25,26)27/h2-11,13H,1H3,(H,31,32). The third-order valence-electron chi connectivity index (χ3n) is 4.86. The summed E-state index contributed by atoms with van der Waals surface area (Å²) in [6.45, 7) is 1.66. The summed E-state index contributed by atoms with van der Waals surface area (Å²) < 4.78 is 47.1. The number of carbonyl (C=O) groups is 1. The third kappa shape index (κ3) is 4.45. The summed E-state index contributed by atoms with van der Waals surface area (Å²) in [4.78, 5) is 20.8. The molecule has 0 aliphatic rings. The number of para-hydroxylation sites is 1. The molecule has 0 aliphatic carbocycles. The molecule has 1 amide bonds. The van der Waals surface area contributed by atoms with Crippen LogP contribution >= 0.6 is 0 Å². The number of anilines is 1. The molecule has 0 spiro atoms. The summed E-state index contributed by atoms with van der Waals surface area (Å²) in [5, 5.41) is 11.5. The number of aryl methyl sites for hydroxylation is 1. The molecule has 0 saturated heterocycles. The Balaban J connectivity index is 1.63. The summed E-state index contributed by atoms with van der Waals surface area (Å²) in [5.74, 6) is -0.467. The van der Waals surface area contributed by atoms with E-state index in [2.05, 4.69) is 15.3 Å². The first-order valence-electron chi connectivity index (χ1n) is 9.68. The lowest BCUT2D eigenvalue weighted by Gasteiger charge is -2.16. The highest BCUT2D eigenvalue weighted by Gasteiger charge is 2.37. The second-order valence-electron chi connectivity index (χ2n) is 7.06. The number of pyridine rings is 2. The number of hydrogen-bond donors (Lipinski definition) is 1. The van der Waals surface area contributed by atoms with E-state index in [0.29, 0.717) is 17.0 Å². The number of amides is 1. The van der Waals surface area contributed by atoms with Crippen LogP contribution in [0.25, 0.3) is 10.9 Å². The number of ether oxygens (including phenoxy) is 1. The normalized spacial score (nSPS) is 11.1. The molecule has 4 aromatic rings. The number of alkyl halides is 3. The monoisotopic (exact) mass is 448 g/mol. The Bertz CT molecular complexity index is 1410. The first kappa shape index (κ1) is 21.8. The third-order valence-corrected chi connectivity index (χ3v) is 4.86. The van der Waals surface area contributed by atoms with E-state index in [-0.39, 0.29) is 22.3 Å². The predicted molar refractivity (Wildman–Crippen MR) is 115 cm³/mol. The minimum Gasteiger partial charge on any atom is -0.438 e. The van der Waals surface area contributed by atoms with Gasteiger partial charge in [-0.1, -0.05) is 18.2 Å². The van der Waals surface area contributed by atoms with Gasteiger partial charge in [-0.15, -0.1) is 0 Å². The van der Waals surface area contributed by atoms with Gasteiger partial charge in [0.1, 0.15) is 17.4 Å². The lowest BCUT2D eigenvalue weighted by atomic mass is 10.0. The molecule has 0 unspecified atom stereocenters. The number of halogens is 3. The average molecular weight is 448 g/mol. The Kier molecular flexibility index (Phi) is 5.67. The zero-order chi connectivity index (χ0) is 23.6. The van der Waals surface area contributed by atoms with Crippen molar-refractivity contribution in [3.63, 3.8) is 0 Å². The lowest BCUT2D eigenvalue weighted by molar-refractivity contribution is -0.136. The second-order valence-corrected chi connectivity index (χ2v) is 7.06. The number of benzene rings is 2. The van der Waals surface area contributed by atoms with E-state index in [1.165, 1.54) is 36.5 Å². The van der Waals surface area contributed by atoms with E-state index in [1.54, 1.807) is 31.2 Å². The molecule has 0 atom stereocenters. The van der Waals surface area contributed by atoms with Crippen molar-refractivity contribution in [1.82, 2.24) is 9.97 Å². The maximum absolute atomic E-state index is 13.8. The topological polar surface area (TPSA) is 87.9 Å². The molecule has 0 bridgehead atoms. The number of nitrogens with zero attached hydrogens (tertiary/aromatic N) is 3. The highest BCUT2D eigenvalue weighted by atomic mass is 19.4. The van der Waals surface area contributed by atoms with Crippen molar-refractivity contribution in [2.24, 2.45) is 0 Å². The number of nitrogens with one attached hydrogen (secondary N) is 1. The maximum atomic E-state index is 13.8. The van der Waals surface area contributed by atoms with E-state index in [9.17, 15) is 18.0 Å². The van der Waals surface area contributed by atoms with Gasteiger partial charge in [-0.2, -0.15) is 18.4 Å². The molecule has 0 saturated carbocycles.